The van der Waals surface area contributed by atoms with Crippen molar-refractivity contribution in [2.45, 2.75) is 50.2 Å². The SMILES string of the molecule is CC1(NC(=O)C2(F)CCN(c3cncc(Oc4ccc(F)cc4)c3)CC2)CCN2CCC1CC2. The van der Waals surface area contributed by atoms with Gasteiger partial charge in [-0.15, -0.1) is 0 Å². The lowest BCUT2D eigenvalue weighted by Gasteiger charge is -2.42. The maximum Gasteiger partial charge on any atom is 0.258 e. The minimum absolute atomic E-state index is 0.134. The summed E-state index contributed by atoms with van der Waals surface area (Å²) in [5, 5.41) is 3.15. The molecule has 5 heterocycles. The number of nitrogens with one attached hydrogen (secondary N) is 1. The van der Waals surface area contributed by atoms with E-state index in [1.165, 1.54) is 12.1 Å². The molecule has 1 aromatic carbocycles. The number of benzene rings is 1. The van der Waals surface area contributed by atoms with Crippen LogP contribution in [-0.2, 0) is 4.79 Å². The van der Waals surface area contributed by atoms with Gasteiger partial charge >= 0.3 is 0 Å². The summed E-state index contributed by atoms with van der Waals surface area (Å²) >= 11 is 0. The number of piperidine rings is 2. The Morgan fingerprint density at radius 1 is 1.03 bits per heavy atom. The first-order valence-corrected chi connectivity index (χ1v) is 12.2. The molecular weight excluding hydrogens is 438 g/mol. The molecule has 2 aromatic rings. The number of aromatic nitrogens is 1. The summed E-state index contributed by atoms with van der Waals surface area (Å²) in [6.45, 7) is 6.04. The Hall–Kier alpha value is -2.74. The van der Waals surface area contributed by atoms with Gasteiger partial charge in [-0.2, -0.15) is 0 Å². The van der Waals surface area contributed by atoms with Crippen molar-refractivity contribution >= 4 is 11.6 Å². The van der Waals surface area contributed by atoms with Crippen molar-refractivity contribution in [3.63, 3.8) is 0 Å². The first-order valence-electron chi connectivity index (χ1n) is 12.2. The molecule has 4 aliphatic heterocycles. The fourth-order valence-electron chi connectivity index (χ4n) is 5.55. The second kappa shape index (κ2) is 9.13. The molecule has 6 rings (SSSR count). The molecule has 1 unspecified atom stereocenters. The third-order valence-electron chi connectivity index (χ3n) is 7.91. The molecule has 4 fully saturated rings. The van der Waals surface area contributed by atoms with E-state index in [-0.39, 0.29) is 24.2 Å². The topological polar surface area (TPSA) is 57.7 Å². The lowest BCUT2D eigenvalue weighted by molar-refractivity contribution is -0.137. The summed E-state index contributed by atoms with van der Waals surface area (Å²) < 4.78 is 34.7. The minimum atomic E-state index is -1.86. The van der Waals surface area contributed by atoms with Crippen LogP contribution >= 0.6 is 0 Å². The number of carbonyl (C=O) groups is 1. The van der Waals surface area contributed by atoms with E-state index in [4.69, 9.17) is 4.74 Å². The third-order valence-corrected chi connectivity index (χ3v) is 7.91. The van der Waals surface area contributed by atoms with Crippen molar-refractivity contribution in [1.29, 1.82) is 0 Å². The van der Waals surface area contributed by atoms with Crippen molar-refractivity contribution in [2.75, 3.05) is 37.6 Å². The van der Waals surface area contributed by atoms with Gasteiger partial charge in [0.15, 0.2) is 5.67 Å². The number of hydrogen-bond acceptors (Lipinski definition) is 5. The Labute approximate surface area is 199 Å². The average molecular weight is 471 g/mol. The standard InChI is InChI=1S/C26H32F2N4O2/c1-25(8-13-31-11-6-19(25)7-12-31)30-24(33)26(28)9-14-32(15-10-26)21-16-23(18-29-17-21)34-22-4-2-20(27)3-5-22/h2-5,16-19H,6-15H2,1H3,(H,30,33). The Kier molecular flexibility index (Phi) is 6.18. The molecule has 6 nitrogen and oxygen atoms in total. The molecule has 2 bridgehead atoms. The van der Waals surface area contributed by atoms with Crippen LogP contribution in [0.5, 0.6) is 11.5 Å². The fourth-order valence-corrected chi connectivity index (χ4v) is 5.55. The monoisotopic (exact) mass is 470 g/mol. The highest BCUT2D eigenvalue weighted by Gasteiger charge is 2.47. The fraction of sp³-hybridized carbons (Fsp3) is 0.538. The number of alkyl halides is 1. The molecule has 1 aromatic heterocycles. The summed E-state index contributed by atoms with van der Waals surface area (Å²) in [6.07, 6.45) is 6.56. The second-order valence-corrected chi connectivity index (χ2v) is 10.1. The predicted molar refractivity (Wildman–Crippen MR) is 126 cm³/mol. The van der Waals surface area contributed by atoms with Crippen molar-refractivity contribution in [3.05, 3.63) is 48.5 Å². The maximum absolute atomic E-state index is 15.8. The number of rotatable bonds is 5. The molecule has 0 aliphatic carbocycles. The van der Waals surface area contributed by atoms with Gasteiger partial charge in [0.2, 0.25) is 0 Å². The number of fused-ring (bicyclic) bond motifs is 4. The van der Waals surface area contributed by atoms with Gasteiger partial charge in [0.05, 0.1) is 18.1 Å². The molecule has 4 saturated heterocycles. The van der Waals surface area contributed by atoms with E-state index in [9.17, 15) is 9.18 Å². The van der Waals surface area contributed by atoms with Gasteiger partial charge in [-0.25, -0.2) is 8.78 Å². The van der Waals surface area contributed by atoms with Gasteiger partial charge in [-0.3, -0.25) is 9.78 Å². The minimum Gasteiger partial charge on any atom is -0.456 e. The normalized spacial score (nSPS) is 28.3. The Bertz CT molecular complexity index is 1020. The zero-order valence-electron chi connectivity index (χ0n) is 19.6. The highest BCUT2D eigenvalue weighted by molar-refractivity contribution is 5.86. The quantitative estimate of drug-likeness (QED) is 0.706. The van der Waals surface area contributed by atoms with Gasteiger partial charge in [-0.05, 0) is 69.5 Å². The molecule has 182 valence electrons. The van der Waals surface area contributed by atoms with Crippen LogP contribution < -0.4 is 15.0 Å². The first kappa shape index (κ1) is 23.0. The molecule has 0 spiro atoms. The van der Waals surface area contributed by atoms with Crippen molar-refractivity contribution in [2.24, 2.45) is 5.92 Å². The number of pyridine rings is 1. The summed E-state index contributed by atoms with van der Waals surface area (Å²) in [5.41, 5.74) is -1.39. The van der Waals surface area contributed by atoms with E-state index < -0.39 is 11.6 Å². The van der Waals surface area contributed by atoms with Crippen LogP contribution in [0.1, 0.15) is 39.0 Å². The average Bonchev–Trinajstić information content (AvgIpc) is 3.09. The lowest BCUT2D eigenvalue weighted by Crippen LogP contribution is -2.59. The van der Waals surface area contributed by atoms with Crippen LogP contribution in [0.25, 0.3) is 0 Å². The lowest BCUT2D eigenvalue weighted by atomic mass is 9.78. The summed E-state index contributed by atoms with van der Waals surface area (Å²) in [6, 6.07) is 7.61. The van der Waals surface area contributed by atoms with Gasteiger partial charge < -0.3 is 19.9 Å². The van der Waals surface area contributed by atoms with Gasteiger partial charge in [0.1, 0.15) is 17.3 Å². The number of ether oxygens (including phenoxy) is 1. The van der Waals surface area contributed by atoms with Crippen LogP contribution in [-0.4, -0.2) is 59.7 Å². The molecular formula is C26H32F2N4O2. The number of anilines is 1. The molecule has 1 N–H and O–H groups in total. The third kappa shape index (κ3) is 4.73. The predicted octanol–water partition coefficient (Wildman–Crippen LogP) is 4.31. The summed E-state index contributed by atoms with van der Waals surface area (Å²) in [5.74, 6) is 0.654. The zero-order chi connectivity index (χ0) is 23.8. The number of carbonyl (C=O) groups excluding carboxylic acids is 1. The van der Waals surface area contributed by atoms with E-state index in [1.807, 2.05) is 11.0 Å². The Morgan fingerprint density at radius 3 is 2.44 bits per heavy atom. The molecule has 34 heavy (non-hydrogen) atoms. The Morgan fingerprint density at radius 2 is 1.74 bits per heavy atom. The van der Waals surface area contributed by atoms with Crippen molar-refractivity contribution < 1.29 is 18.3 Å². The van der Waals surface area contributed by atoms with Gasteiger partial charge in [-0.1, -0.05) is 0 Å². The van der Waals surface area contributed by atoms with Crippen LogP contribution in [0.2, 0.25) is 0 Å². The largest absolute Gasteiger partial charge is 0.456 e. The summed E-state index contributed by atoms with van der Waals surface area (Å²) in [7, 11) is 0. The van der Waals surface area contributed by atoms with Crippen LogP contribution in [0, 0.1) is 11.7 Å². The smallest absolute Gasteiger partial charge is 0.258 e. The van der Waals surface area contributed by atoms with E-state index in [2.05, 4.69) is 22.1 Å². The number of amides is 1. The van der Waals surface area contributed by atoms with Crippen LogP contribution in [0.3, 0.4) is 0 Å². The molecule has 1 amide bonds. The summed E-state index contributed by atoms with van der Waals surface area (Å²) in [4.78, 5) is 21.8. The number of nitrogens with zero attached hydrogens (tertiary/aromatic N) is 3. The van der Waals surface area contributed by atoms with Crippen LogP contribution in [0.4, 0.5) is 14.5 Å². The highest BCUT2D eigenvalue weighted by atomic mass is 19.1. The highest BCUT2D eigenvalue weighted by Crippen LogP contribution is 2.37. The molecule has 1 atom stereocenters. The van der Waals surface area contributed by atoms with E-state index in [0.717, 1.165) is 44.6 Å². The second-order valence-electron chi connectivity index (χ2n) is 10.1. The van der Waals surface area contributed by atoms with Crippen LogP contribution in [0.15, 0.2) is 42.7 Å². The van der Waals surface area contributed by atoms with E-state index >= 15 is 4.39 Å². The maximum atomic E-state index is 15.8. The van der Waals surface area contributed by atoms with Crippen molar-refractivity contribution in [1.82, 2.24) is 15.2 Å². The number of halogens is 2. The van der Waals surface area contributed by atoms with Gasteiger partial charge in [0.25, 0.3) is 5.91 Å². The number of hydrogen-bond donors (Lipinski definition) is 1. The zero-order valence-corrected chi connectivity index (χ0v) is 19.6. The molecule has 4 aliphatic rings. The van der Waals surface area contributed by atoms with Gasteiger partial charge in [0, 0.05) is 44.1 Å². The Balaban J connectivity index is 1.21. The molecule has 8 heteroatoms. The first-order chi connectivity index (χ1) is 16.3. The van der Waals surface area contributed by atoms with E-state index in [1.54, 1.807) is 24.5 Å². The molecule has 0 saturated carbocycles. The van der Waals surface area contributed by atoms with E-state index in [0.29, 0.717) is 30.5 Å². The van der Waals surface area contributed by atoms with Crippen molar-refractivity contribution in [3.8, 4) is 11.5 Å². The molecule has 0 radical (unpaired) electrons.